The molecule has 6 nitrogen and oxygen atoms in total. The second-order valence-corrected chi connectivity index (χ2v) is 4.73. The van der Waals surface area contributed by atoms with Gasteiger partial charge in [0.15, 0.2) is 0 Å². The largest absolute Gasteiger partial charge is 0.480 e. The van der Waals surface area contributed by atoms with Crippen LogP contribution in [-0.2, 0) is 4.79 Å². The lowest BCUT2D eigenvalue weighted by Crippen LogP contribution is -2.56. The maximum atomic E-state index is 11.9. The molecule has 0 aliphatic carbocycles. The van der Waals surface area contributed by atoms with Crippen LogP contribution in [0.3, 0.4) is 0 Å². The average Bonchev–Trinajstić information content (AvgIpc) is 2.40. The van der Waals surface area contributed by atoms with Crippen LogP contribution in [0.1, 0.15) is 46.0 Å². The number of rotatable bonds is 9. The summed E-state index contributed by atoms with van der Waals surface area (Å²) in [5.74, 6) is -1.00. The number of aliphatic hydroxyl groups excluding tert-OH is 1. The van der Waals surface area contributed by atoms with Crippen LogP contribution >= 0.6 is 0 Å². The Balaban J connectivity index is 4.36. The summed E-state index contributed by atoms with van der Waals surface area (Å²) in [7, 11) is 1.65. The number of aliphatic carboxylic acids is 1. The molecular formula is C13H26N2O4. The fraction of sp³-hybridized carbons (Fsp3) is 0.846. The summed E-state index contributed by atoms with van der Waals surface area (Å²) in [5.41, 5.74) is -1.18. The van der Waals surface area contributed by atoms with E-state index in [2.05, 4.69) is 5.32 Å². The maximum absolute atomic E-state index is 11.9. The summed E-state index contributed by atoms with van der Waals surface area (Å²) < 4.78 is 0. The third-order valence-corrected chi connectivity index (χ3v) is 3.46. The van der Waals surface area contributed by atoms with Gasteiger partial charge in [-0.25, -0.2) is 9.59 Å². The van der Waals surface area contributed by atoms with Gasteiger partial charge in [-0.3, -0.25) is 0 Å². The van der Waals surface area contributed by atoms with E-state index in [9.17, 15) is 14.7 Å². The number of carbonyl (C=O) groups is 2. The van der Waals surface area contributed by atoms with Gasteiger partial charge >= 0.3 is 12.0 Å². The fourth-order valence-corrected chi connectivity index (χ4v) is 1.82. The highest BCUT2D eigenvalue weighted by molar-refractivity contribution is 5.86. The second-order valence-electron chi connectivity index (χ2n) is 4.73. The van der Waals surface area contributed by atoms with Gasteiger partial charge in [0, 0.05) is 20.2 Å². The quantitative estimate of drug-likeness (QED) is 0.555. The van der Waals surface area contributed by atoms with Crippen LogP contribution < -0.4 is 5.32 Å². The molecule has 0 heterocycles. The van der Waals surface area contributed by atoms with E-state index in [-0.39, 0.29) is 12.6 Å². The molecule has 0 saturated heterocycles. The molecule has 6 heteroatoms. The van der Waals surface area contributed by atoms with E-state index in [1.54, 1.807) is 20.9 Å². The molecule has 112 valence electrons. The molecule has 0 aliphatic rings. The predicted octanol–water partition coefficient (Wildman–Crippen LogP) is 1.43. The molecule has 0 atom stereocenters. The summed E-state index contributed by atoms with van der Waals surface area (Å²) in [6.07, 6.45) is 3.06. The third-order valence-electron chi connectivity index (χ3n) is 3.46. The summed E-state index contributed by atoms with van der Waals surface area (Å²) in [4.78, 5) is 24.7. The Morgan fingerprint density at radius 1 is 1.16 bits per heavy atom. The molecule has 0 aromatic carbocycles. The third kappa shape index (κ3) is 5.46. The van der Waals surface area contributed by atoms with Crippen molar-refractivity contribution >= 4 is 12.0 Å². The molecule has 0 fully saturated rings. The maximum Gasteiger partial charge on any atom is 0.329 e. The zero-order chi connectivity index (χ0) is 14.9. The zero-order valence-electron chi connectivity index (χ0n) is 12.1. The first-order chi connectivity index (χ1) is 8.93. The van der Waals surface area contributed by atoms with Crippen molar-refractivity contribution in [2.24, 2.45) is 0 Å². The number of carboxylic acid groups (broad SMARTS) is 1. The van der Waals surface area contributed by atoms with Crippen molar-refractivity contribution in [3.63, 3.8) is 0 Å². The topological polar surface area (TPSA) is 89.9 Å². The minimum Gasteiger partial charge on any atom is -0.480 e. The summed E-state index contributed by atoms with van der Waals surface area (Å²) >= 11 is 0. The molecule has 3 N–H and O–H groups in total. The number of nitrogens with zero attached hydrogens (tertiary/aromatic N) is 1. The summed E-state index contributed by atoms with van der Waals surface area (Å²) in [5, 5.41) is 20.5. The Hall–Kier alpha value is -1.30. The highest BCUT2D eigenvalue weighted by atomic mass is 16.4. The minimum absolute atomic E-state index is 0.156. The molecule has 0 aromatic rings. The molecule has 0 aliphatic heterocycles. The fourth-order valence-electron chi connectivity index (χ4n) is 1.82. The van der Waals surface area contributed by atoms with Crippen LogP contribution in [0.4, 0.5) is 4.79 Å². The lowest BCUT2D eigenvalue weighted by molar-refractivity contribution is -0.144. The number of hydrogen-bond acceptors (Lipinski definition) is 3. The van der Waals surface area contributed by atoms with Crippen molar-refractivity contribution < 1.29 is 19.8 Å². The lowest BCUT2D eigenvalue weighted by Gasteiger charge is -2.30. The standard InChI is InChI=1S/C13H26N2O4/c1-4-13(5-2,11(17)18)14-12(19)15(3)9-7-6-8-10-16/h16H,4-10H2,1-3H3,(H,14,19)(H,17,18). The first-order valence-electron chi connectivity index (χ1n) is 6.81. The number of aliphatic hydroxyl groups is 1. The second kappa shape index (κ2) is 8.74. The van der Waals surface area contributed by atoms with Gasteiger partial charge in [0.1, 0.15) is 5.54 Å². The van der Waals surface area contributed by atoms with E-state index < -0.39 is 11.5 Å². The molecule has 0 rings (SSSR count). The number of carbonyl (C=O) groups excluding carboxylic acids is 1. The van der Waals surface area contributed by atoms with Crippen LogP contribution in [0.2, 0.25) is 0 Å². The number of nitrogens with one attached hydrogen (secondary N) is 1. The van der Waals surface area contributed by atoms with Crippen molar-refractivity contribution in [2.75, 3.05) is 20.2 Å². The average molecular weight is 274 g/mol. The lowest BCUT2D eigenvalue weighted by atomic mass is 9.93. The van der Waals surface area contributed by atoms with Gasteiger partial charge in [0.05, 0.1) is 0 Å². The molecule has 0 bridgehead atoms. The SMILES string of the molecule is CCC(CC)(NC(=O)N(C)CCCCCO)C(=O)O. The summed E-state index contributed by atoms with van der Waals surface area (Å²) in [6.45, 7) is 4.21. The highest BCUT2D eigenvalue weighted by Crippen LogP contribution is 2.16. The monoisotopic (exact) mass is 274 g/mol. The Labute approximate surface area is 114 Å². The molecular weight excluding hydrogens is 248 g/mol. The van der Waals surface area contributed by atoms with Crippen molar-refractivity contribution in [3.8, 4) is 0 Å². The van der Waals surface area contributed by atoms with E-state index in [1.807, 2.05) is 0 Å². The highest BCUT2D eigenvalue weighted by Gasteiger charge is 2.37. The van der Waals surface area contributed by atoms with Gasteiger partial charge in [-0.1, -0.05) is 13.8 Å². The number of urea groups is 1. The van der Waals surface area contributed by atoms with E-state index in [0.29, 0.717) is 19.4 Å². The van der Waals surface area contributed by atoms with Crippen molar-refractivity contribution in [1.82, 2.24) is 10.2 Å². The smallest absolute Gasteiger partial charge is 0.329 e. The van der Waals surface area contributed by atoms with Gasteiger partial charge in [-0.05, 0) is 32.1 Å². The van der Waals surface area contributed by atoms with Gasteiger partial charge in [0.2, 0.25) is 0 Å². The molecule has 19 heavy (non-hydrogen) atoms. The Morgan fingerprint density at radius 2 is 1.74 bits per heavy atom. The number of amides is 2. The zero-order valence-corrected chi connectivity index (χ0v) is 12.1. The Kier molecular flexibility index (Phi) is 8.14. The molecule has 2 amide bonds. The Bertz CT molecular complexity index is 290. The van der Waals surface area contributed by atoms with Crippen molar-refractivity contribution in [2.45, 2.75) is 51.5 Å². The van der Waals surface area contributed by atoms with Gasteiger partial charge in [-0.15, -0.1) is 0 Å². The van der Waals surface area contributed by atoms with Crippen LogP contribution in [0, 0.1) is 0 Å². The van der Waals surface area contributed by atoms with Crippen LogP contribution in [0.25, 0.3) is 0 Å². The van der Waals surface area contributed by atoms with Crippen molar-refractivity contribution in [1.29, 1.82) is 0 Å². The minimum atomic E-state index is -1.18. The van der Waals surface area contributed by atoms with Crippen molar-refractivity contribution in [3.05, 3.63) is 0 Å². The van der Waals surface area contributed by atoms with Crippen LogP contribution in [0.5, 0.6) is 0 Å². The van der Waals surface area contributed by atoms with Gasteiger partial charge in [-0.2, -0.15) is 0 Å². The number of unbranched alkanes of at least 4 members (excludes halogenated alkanes) is 2. The number of carboxylic acids is 1. The van der Waals surface area contributed by atoms with E-state index in [4.69, 9.17) is 5.11 Å². The predicted molar refractivity (Wildman–Crippen MR) is 73.0 cm³/mol. The normalized spacial score (nSPS) is 11.2. The van der Waals surface area contributed by atoms with Crippen LogP contribution in [0.15, 0.2) is 0 Å². The van der Waals surface area contributed by atoms with Crippen LogP contribution in [-0.4, -0.2) is 52.9 Å². The van der Waals surface area contributed by atoms with E-state index in [0.717, 1.165) is 19.3 Å². The number of hydrogen-bond donors (Lipinski definition) is 3. The molecule has 0 radical (unpaired) electrons. The van der Waals surface area contributed by atoms with Gasteiger partial charge < -0.3 is 20.4 Å². The van der Waals surface area contributed by atoms with E-state index in [1.165, 1.54) is 4.90 Å². The first kappa shape index (κ1) is 17.7. The van der Waals surface area contributed by atoms with Gasteiger partial charge in [0.25, 0.3) is 0 Å². The molecule has 0 saturated carbocycles. The summed E-state index contributed by atoms with van der Waals surface area (Å²) in [6, 6.07) is -0.366. The molecule has 0 aromatic heterocycles. The first-order valence-corrected chi connectivity index (χ1v) is 6.81. The van der Waals surface area contributed by atoms with E-state index >= 15 is 0 Å². The molecule has 0 spiro atoms. The Morgan fingerprint density at radius 3 is 2.16 bits per heavy atom. The molecule has 0 unspecified atom stereocenters.